The fourth-order valence-electron chi connectivity index (χ4n) is 3.32. The molecular formula is C23H22N2O3S. The van der Waals surface area contributed by atoms with Crippen molar-refractivity contribution in [3.05, 3.63) is 64.0 Å². The van der Waals surface area contributed by atoms with Gasteiger partial charge in [-0.25, -0.2) is 9.78 Å². The highest BCUT2D eigenvalue weighted by Gasteiger charge is 2.15. The van der Waals surface area contributed by atoms with Crippen molar-refractivity contribution in [2.24, 2.45) is 0 Å². The summed E-state index contributed by atoms with van der Waals surface area (Å²) in [6.45, 7) is 2.18. The molecule has 0 unspecified atom stereocenters. The van der Waals surface area contributed by atoms with E-state index in [2.05, 4.69) is 16.9 Å². The number of fused-ring (bicyclic) bond motifs is 1. The summed E-state index contributed by atoms with van der Waals surface area (Å²) in [6, 6.07) is 10.9. The number of nitrogens with zero attached hydrogens (tertiary/aromatic N) is 2. The van der Waals surface area contributed by atoms with Crippen molar-refractivity contribution < 1.29 is 9.52 Å². The van der Waals surface area contributed by atoms with Gasteiger partial charge < -0.3 is 9.52 Å². The molecule has 148 valence electrons. The van der Waals surface area contributed by atoms with Gasteiger partial charge >= 0.3 is 5.63 Å². The van der Waals surface area contributed by atoms with Crippen LogP contribution < -0.4 is 5.63 Å². The van der Waals surface area contributed by atoms with E-state index in [4.69, 9.17) is 4.42 Å². The number of hydrogen-bond acceptors (Lipinski definition) is 6. The molecule has 0 aliphatic carbocycles. The monoisotopic (exact) mass is 406 g/mol. The second-order valence-corrected chi connectivity index (χ2v) is 7.89. The summed E-state index contributed by atoms with van der Waals surface area (Å²) in [5.41, 5.74) is 2.71. The molecule has 0 aliphatic rings. The molecule has 0 bridgehead atoms. The smallest absolute Gasteiger partial charge is 0.346 e. The molecule has 0 radical (unpaired) electrons. The van der Waals surface area contributed by atoms with Gasteiger partial charge in [-0.15, -0.1) is 11.3 Å². The second kappa shape index (κ2) is 8.57. The Kier molecular flexibility index (Phi) is 5.71. The number of thiazole rings is 1. The van der Waals surface area contributed by atoms with Gasteiger partial charge in [0, 0.05) is 23.0 Å². The zero-order valence-corrected chi connectivity index (χ0v) is 17.0. The van der Waals surface area contributed by atoms with Gasteiger partial charge in [0.15, 0.2) is 0 Å². The number of pyridine rings is 1. The Hall–Kier alpha value is -2.99. The Balaban J connectivity index is 1.68. The molecule has 0 aliphatic heterocycles. The number of aromatic nitrogens is 2. The van der Waals surface area contributed by atoms with Crippen molar-refractivity contribution in [2.75, 3.05) is 0 Å². The van der Waals surface area contributed by atoms with Crippen LogP contribution in [-0.4, -0.2) is 15.1 Å². The first-order valence-electron chi connectivity index (χ1n) is 9.82. The van der Waals surface area contributed by atoms with Crippen LogP contribution in [0.25, 0.3) is 32.9 Å². The molecule has 4 rings (SSSR count). The number of benzene rings is 1. The van der Waals surface area contributed by atoms with Crippen molar-refractivity contribution in [2.45, 2.75) is 39.0 Å². The first-order chi connectivity index (χ1) is 14.2. The molecule has 4 aromatic rings. The number of unbranched alkanes of at least 4 members (excludes halogenated alkanes) is 3. The molecule has 0 amide bonds. The van der Waals surface area contributed by atoms with Crippen LogP contribution in [0.1, 0.15) is 38.2 Å². The minimum atomic E-state index is -0.463. The van der Waals surface area contributed by atoms with Crippen molar-refractivity contribution in [3.63, 3.8) is 0 Å². The molecule has 0 spiro atoms. The molecule has 0 saturated heterocycles. The van der Waals surface area contributed by atoms with Gasteiger partial charge in [0.2, 0.25) is 0 Å². The van der Waals surface area contributed by atoms with Crippen molar-refractivity contribution in [3.8, 4) is 27.7 Å². The van der Waals surface area contributed by atoms with Crippen molar-refractivity contribution in [1.29, 1.82) is 0 Å². The maximum Gasteiger partial charge on any atom is 0.346 e. The molecular weight excluding hydrogens is 384 g/mol. The lowest BCUT2D eigenvalue weighted by Gasteiger charge is -2.07. The lowest BCUT2D eigenvalue weighted by Crippen LogP contribution is -2.03. The van der Waals surface area contributed by atoms with E-state index in [1.165, 1.54) is 30.2 Å². The van der Waals surface area contributed by atoms with Crippen LogP contribution in [-0.2, 0) is 6.42 Å². The minimum Gasteiger partial charge on any atom is -0.508 e. The maximum atomic E-state index is 12.5. The Morgan fingerprint density at radius 2 is 2.00 bits per heavy atom. The summed E-state index contributed by atoms with van der Waals surface area (Å²) in [5.74, 6) is 0.177. The molecule has 5 nitrogen and oxygen atoms in total. The van der Waals surface area contributed by atoms with E-state index in [0.717, 1.165) is 41.6 Å². The fourth-order valence-corrected chi connectivity index (χ4v) is 4.14. The van der Waals surface area contributed by atoms with E-state index in [1.807, 2.05) is 29.6 Å². The highest BCUT2D eigenvalue weighted by Crippen LogP contribution is 2.31. The second-order valence-electron chi connectivity index (χ2n) is 7.03. The number of phenols is 1. The Bertz CT molecular complexity index is 1180. The van der Waals surface area contributed by atoms with E-state index in [9.17, 15) is 9.90 Å². The predicted molar refractivity (Wildman–Crippen MR) is 116 cm³/mol. The fraction of sp³-hybridized carbons (Fsp3) is 0.261. The minimum absolute atomic E-state index is 0.177. The highest BCUT2D eigenvalue weighted by atomic mass is 32.1. The van der Waals surface area contributed by atoms with Crippen LogP contribution in [0.2, 0.25) is 0 Å². The van der Waals surface area contributed by atoms with Gasteiger partial charge in [0.25, 0.3) is 0 Å². The normalized spacial score (nSPS) is 11.2. The third-order valence-electron chi connectivity index (χ3n) is 4.90. The summed E-state index contributed by atoms with van der Waals surface area (Å²) < 4.78 is 5.48. The van der Waals surface area contributed by atoms with Gasteiger partial charge in [0.1, 0.15) is 22.0 Å². The van der Waals surface area contributed by atoms with E-state index < -0.39 is 5.63 Å². The molecule has 3 aromatic heterocycles. The molecule has 0 fully saturated rings. The van der Waals surface area contributed by atoms with Crippen LogP contribution in [0.15, 0.2) is 57.2 Å². The van der Waals surface area contributed by atoms with E-state index in [1.54, 1.807) is 12.3 Å². The summed E-state index contributed by atoms with van der Waals surface area (Å²) in [6.07, 6.45) is 7.04. The van der Waals surface area contributed by atoms with Crippen LogP contribution in [0.3, 0.4) is 0 Å². The third kappa shape index (κ3) is 4.22. The van der Waals surface area contributed by atoms with Gasteiger partial charge in [-0.05, 0) is 42.7 Å². The van der Waals surface area contributed by atoms with Crippen LogP contribution in [0.4, 0.5) is 0 Å². The number of rotatable bonds is 7. The standard InChI is InChI=1S/C23H22N2O3S/c1-2-3-4-5-8-15-11-16-12-17(23(27)28-21(16)13-20(15)26)22-25-19(14-29-22)18-9-6-7-10-24-18/h6-7,9-14,26H,2-5,8H2,1H3. The topological polar surface area (TPSA) is 76.2 Å². The first-order valence-corrected chi connectivity index (χ1v) is 10.7. The third-order valence-corrected chi connectivity index (χ3v) is 5.77. The number of phenolic OH excluding ortho intramolecular Hbond substituents is 1. The highest BCUT2D eigenvalue weighted by molar-refractivity contribution is 7.13. The Labute approximate surface area is 172 Å². The number of aromatic hydroxyl groups is 1. The molecule has 0 atom stereocenters. The molecule has 0 saturated carbocycles. The molecule has 1 N–H and O–H groups in total. The summed E-state index contributed by atoms with van der Waals surface area (Å²) in [4.78, 5) is 21.4. The quantitative estimate of drug-likeness (QED) is 0.310. The van der Waals surface area contributed by atoms with Gasteiger partial charge in [-0.3, -0.25) is 4.98 Å². The van der Waals surface area contributed by atoms with Gasteiger partial charge in [-0.1, -0.05) is 32.3 Å². The Morgan fingerprint density at radius 3 is 2.79 bits per heavy atom. The predicted octanol–water partition coefficient (Wildman–Crippen LogP) is 5.81. The van der Waals surface area contributed by atoms with Gasteiger partial charge in [-0.2, -0.15) is 0 Å². The molecule has 3 heterocycles. The average molecular weight is 407 g/mol. The maximum absolute atomic E-state index is 12.5. The van der Waals surface area contributed by atoms with Crippen LogP contribution >= 0.6 is 11.3 Å². The van der Waals surface area contributed by atoms with Crippen molar-refractivity contribution >= 4 is 22.3 Å². The molecule has 29 heavy (non-hydrogen) atoms. The van der Waals surface area contributed by atoms with Crippen LogP contribution in [0.5, 0.6) is 5.75 Å². The largest absolute Gasteiger partial charge is 0.508 e. The zero-order chi connectivity index (χ0) is 20.2. The van der Waals surface area contributed by atoms with E-state index in [-0.39, 0.29) is 5.75 Å². The molecule has 6 heteroatoms. The summed E-state index contributed by atoms with van der Waals surface area (Å²) in [5, 5.41) is 13.6. The lowest BCUT2D eigenvalue weighted by molar-refractivity contribution is 0.464. The molecule has 1 aromatic carbocycles. The lowest BCUT2D eigenvalue weighted by atomic mass is 10.0. The average Bonchev–Trinajstić information content (AvgIpc) is 3.22. The van der Waals surface area contributed by atoms with Gasteiger partial charge in [0.05, 0.1) is 11.3 Å². The van der Waals surface area contributed by atoms with E-state index >= 15 is 0 Å². The summed E-state index contributed by atoms with van der Waals surface area (Å²) >= 11 is 1.39. The van der Waals surface area contributed by atoms with Crippen LogP contribution in [0, 0.1) is 0 Å². The van der Waals surface area contributed by atoms with E-state index in [0.29, 0.717) is 16.2 Å². The zero-order valence-electron chi connectivity index (χ0n) is 16.2. The first kappa shape index (κ1) is 19.3. The van der Waals surface area contributed by atoms with Crippen molar-refractivity contribution in [1.82, 2.24) is 9.97 Å². The SMILES string of the molecule is CCCCCCc1cc2cc(-c3nc(-c4ccccn4)cs3)c(=O)oc2cc1O. The Morgan fingerprint density at radius 1 is 1.10 bits per heavy atom. The number of aryl methyl sites for hydroxylation is 1. The summed E-state index contributed by atoms with van der Waals surface area (Å²) in [7, 11) is 0. The number of hydrogen-bond donors (Lipinski definition) is 1.